The van der Waals surface area contributed by atoms with Crippen molar-refractivity contribution in [1.82, 2.24) is 0 Å². The molecule has 0 bridgehead atoms. The Labute approximate surface area is 206 Å². The minimum atomic E-state index is 1.30. The molecule has 0 saturated heterocycles. The van der Waals surface area contributed by atoms with Gasteiger partial charge in [0.1, 0.15) is 0 Å². The molecular formula is C32H20S2. The lowest BCUT2D eigenvalue weighted by molar-refractivity contribution is 1.45. The average molecular weight is 469 g/mol. The highest BCUT2D eigenvalue weighted by Gasteiger charge is 2.35. The molecule has 2 aliphatic carbocycles. The molecular weight excluding hydrogens is 448 g/mol. The zero-order valence-electron chi connectivity index (χ0n) is 18.9. The first kappa shape index (κ1) is 18.9. The van der Waals surface area contributed by atoms with Crippen LogP contribution in [0.4, 0.5) is 0 Å². The minimum absolute atomic E-state index is 1.30. The Hall–Kier alpha value is -3.46. The van der Waals surface area contributed by atoms with E-state index in [1.165, 1.54) is 85.9 Å². The first-order chi connectivity index (χ1) is 16.7. The predicted molar refractivity (Wildman–Crippen MR) is 149 cm³/mol. The number of fused-ring (bicyclic) bond motifs is 6. The smallest absolute Gasteiger partial charge is 0.0440 e. The van der Waals surface area contributed by atoms with Crippen molar-refractivity contribution in [2.75, 3.05) is 0 Å². The third-order valence-electron chi connectivity index (χ3n) is 7.58. The quantitative estimate of drug-likeness (QED) is 0.237. The van der Waals surface area contributed by atoms with Crippen molar-refractivity contribution < 1.29 is 0 Å². The topological polar surface area (TPSA) is 0 Å². The van der Waals surface area contributed by atoms with Crippen molar-refractivity contribution in [2.24, 2.45) is 0 Å². The van der Waals surface area contributed by atoms with E-state index in [1.807, 2.05) is 22.7 Å². The second-order valence-corrected chi connectivity index (χ2v) is 11.5. The van der Waals surface area contributed by atoms with E-state index >= 15 is 0 Å². The predicted octanol–water partition coefficient (Wildman–Crippen LogP) is 10.2. The third kappa shape index (κ3) is 2.23. The molecule has 160 valence electrons. The first-order valence-electron chi connectivity index (χ1n) is 11.7. The molecule has 8 rings (SSSR count). The van der Waals surface area contributed by atoms with Gasteiger partial charge in [0.2, 0.25) is 0 Å². The molecule has 0 radical (unpaired) electrons. The molecule has 2 aromatic heterocycles. The molecule has 4 aromatic carbocycles. The van der Waals surface area contributed by atoms with E-state index in [9.17, 15) is 0 Å². The van der Waals surface area contributed by atoms with Gasteiger partial charge in [-0.05, 0) is 52.4 Å². The SMILES string of the molecule is Cc1sc2c(c1C)-c1ccc3c4c(ccc-2c14)-c1sc(-c2ccccc2)c(-c2ccccc2)c1-3. The fraction of sp³-hybridized carbons (Fsp3) is 0.0625. The molecule has 2 heteroatoms. The maximum atomic E-state index is 2.40. The van der Waals surface area contributed by atoms with Gasteiger partial charge in [0, 0.05) is 47.3 Å². The first-order valence-corrected chi connectivity index (χ1v) is 13.3. The van der Waals surface area contributed by atoms with Crippen molar-refractivity contribution >= 4 is 33.4 Å². The van der Waals surface area contributed by atoms with E-state index in [0.29, 0.717) is 0 Å². The zero-order valence-corrected chi connectivity index (χ0v) is 20.5. The normalized spacial score (nSPS) is 12.4. The largest absolute Gasteiger partial charge is 0.140 e. The van der Waals surface area contributed by atoms with E-state index in [4.69, 9.17) is 0 Å². The Morgan fingerprint density at radius 1 is 0.441 bits per heavy atom. The highest BCUT2D eigenvalue weighted by molar-refractivity contribution is 7.20. The third-order valence-corrected chi connectivity index (χ3v) is 10.1. The van der Waals surface area contributed by atoms with Gasteiger partial charge in [-0.3, -0.25) is 0 Å². The van der Waals surface area contributed by atoms with Crippen molar-refractivity contribution in [2.45, 2.75) is 13.8 Å². The molecule has 0 nitrogen and oxygen atoms in total. The maximum absolute atomic E-state index is 2.40. The summed E-state index contributed by atoms with van der Waals surface area (Å²) in [4.78, 5) is 5.67. The summed E-state index contributed by atoms with van der Waals surface area (Å²) in [7, 11) is 0. The summed E-state index contributed by atoms with van der Waals surface area (Å²) in [6.07, 6.45) is 0. The molecule has 6 aromatic rings. The standard InChI is InChI=1S/C32H20S2/c1-17-18(2)33-31-23-15-16-24-28-22(14-13-21(25(17)31)27(23)28)29-26(19-9-5-3-6-10-19)30(34-32(24)29)20-11-7-4-8-12-20/h3-16H,1-2H3. The summed E-state index contributed by atoms with van der Waals surface area (Å²) in [5.74, 6) is 0. The Bertz CT molecular complexity index is 1800. The number of hydrogen-bond donors (Lipinski definition) is 0. The lowest BCUT2D eigenvalue weighted by atomic mass is 9.92. The van der Waals surface area contributed by atoms with Crippen molar-refractivity contribution in [3.63, 3.8) is 0 Å². The summed E-state index contributed by atoms with van der Waals surface area (Å²) >= 11 is 3.91. The monoisotopic (exact) mass is 468 g/mol. The summed E-state index contributed by atoms with van der Waals surface area (Å²) in [6, 6.07) is 31.4. The summed E-state index contributed by atoms with van der Waals surface area (Å²) < 4.78 is 0. The van der Waals surface area contributed by atoms with Gasteiger partial charge < -0.3 is 0 Å². The van der Waals surface area contributed by atoms with Gasteiger partial charge >= 0.3 is 0 Å². The number of benzene rings is 4. The van der Waals surface area contributed by atoms with E-state index in [0.717, 1.165) is 0 Å². The van der Waals surface area contributed by atoms with Crippen molar-refractivity contribution in [3.8, 4) is 64.7 Å². The molecule has 0 atom stereocenters. The fourth-order valence-electron chi connectivity index (χ4n) is 5.98. The van der Waals surface area contributed by atoms with Crippen LogP contribution in [0.25, 0.3) is 75.5 Å². The van der Waals surface area contributed by atoms with Crippen LogP contribution in [0.2, 0.25) is 0 Å². The van der Waals surface area contributed by atoms with Crippen LogP contribution < -0.4 is 0 Å². The number of rotatable bonds is 2. The maximum Gasteiger partial charge on any atom is 0.0440 e. The molecule has 0 amide bonds. The molecule has 2 heterocycles. The minimum Gasteiger partial charge on any atom is -0.140 e. The number of hydrogen-bond acceptors (Lipinski definition) is 2. The highest BCUT2D eigenvalue weighted by Crippen LogP contribution is 2.63. The van der Waals surface area contributed by atoms with Gasteiger partial charge in [0.15, 0.2) is 0 Å². The van der Waals surface area contributed by atoms with E-state index in [2.05, 4.69) is 98.8 Å². The molecule has 0 unspecified atom stereocenters. The lowest BCUT2D eigenvalue weighted by Gasteiger charge is -2.11. The molecule has 2 aliphatic rings. The summed E-state index contributed by atoms with van der Waals surface area (Å²) in [5.41, 5.74) is 13.9. The van der Waals surface area contributed by atoms with Crippen LogP contribution in [0.5, 0.6) is 0 Å². The van der Waals surface area contributed by atoms with E-state index in [-0.39, 0.29) is 0 Å². The Kier molecular flexibility index (Phi) is 3.65. The van der Waals surface area contributed by atoms with Gasteiger partial charge in [-0.1, -0.05) is 84.9 Å². The van der Waals surface area contributed by atoms with Gasteiger partial charge in [0.05, 0.1) is 0 Å². The molecule has 0 spiro atoms. The summed E-state index contributed by atoms with van der Waals surface area (Å²) in [5, 5.41) is 2.91. The van der Waals surface area contributed by atoms with Crippen molar-refractivity contribution in [3.05, 3.63) is 95.4 Å². The Balaban J connectivity index is 1.48. The lowest BCUT2D eigenvalue weighted by Crippen LogP contribution is -1.85. The van der Waals surface area contributed by atoms with Crippen LogP contribution in [0.15, 0.2) is 84.9 Å². The van der Waals surface area contributed by atoms with Crippen LogP contribution in [0.3, 0.4) is 0 Å². The summed E-state index contributed by atoms with van der Waals surface area (Å²) in [6.45, 7) is 4.54. The highest BCUT2D eigenvalue weighted by atomic mass is 32.1. The molecule has 0 saturated carbocycles. The van der Waals surface area contributed by atoms with Crippen LogP contribution in [0, 0.1) is 13.8 Å². The van der Waals surface area contributed by atoms with E-state index in [1.54, 1.807) is 0 Å². The van der Waals surface area contributed by atoms with Gasteiger partial charge in [-0.15, -0.1) is 22.7 Å². The average Bonchev–Trinajstić information content (AvgIpc) is 3.58. The zero-order chi connectivity index (χ0) is 22.6. The number of aryl methyl sites for hydroxylation is 1. The number of thiophene rings is 2. The molecule has 0 aliphatic heterocycles. The van der Waals surface area contributed by atoms with Gasteiger partial charge in [-0.25, -0.2) is 0 Å². The second kappa shape index (κ2) is 6.56. The Morgan fingerprint density at radius 2 is 0.971 bits per heavy atom. The van der Waals surface area contributed by atoms with Crippen LogP contribution in [-0.2, 0) is 0 Å². The van der Waals surface area contributed by atoms with Crippen molar-refractivity contribution in [1.29, 1.82) is 0 Å². The molecule has 0 fully saturated rings. The molecule has 34 heavy (non-hydrogen) atoms. The van der Waals surface area contributed by atoms with E-state index < -0.39 is 0 Å². The fourth-order valence-corrected chi connectivity index (χ4v) is 8.56. The van der Waals surface area contributed by atoms with Gasteiger partial charge in [0.25, 0.3) is 0 Å². The molecule has 0 N–H and O–H groups in total. The van der Waals surface area contributed by atoms with Crippen LogP contribution in [-0.4, -0.2) is 0 Å². The van der Waals surface area contributed by atoms with Crippen LogP contribution in [0.1, 0.15) is 10.4 Å². The Morgan fingerprint density at radius 3 is 1.62 bits per heavy atom. The van der Waals surface area contributed by atoms with Gasteiger partial charge in [-0.2, -0.15) is 0 Å². The van der Waals surface area contributed by atoms with Crippen LogP contribution >= 0.6 is 22.7 Å². The second-order valence-electron chi connectivity index (χ2n) is 9.30.